The van der Waals surface area contributed by atoms with E-state index >= 15 is 0 Å². The number of imide groups is 1. The molecule has 1 heterocycles. The number of nitrogens with zero attached hydrogens (tertiary/aromatic N) is 2. The second-order valence-electron chi connectivity index (χ2n) is 5.54. The average Bonchev–Trinajstić information content (AvgIpc) is 2.76. The molecule has 4 nitrogen and oxygen atoms in total. The highest BCUT2D eigenvalue weighted by Gasteiger charge is 2.37. The lowest BCUT2D eigenvalue weighted by molar-refractivity contribution is 0.0586. The summed E-state index contributed by atoms with van der Waals surface area (Å²) >= 11 is 0. The van der Waals surface area contributed by atoms with Crippen LogP contribution in [0.2, 0.25) is 0 Å². The maximum atomic E-state index is 12.4. The smallest absolute Gasteiger partial charge is 0.261 e. The van der Waals surface area contributed by atoms with E-state index < -0.39 is 0 Å². The number of carbonyl (C=O) groups excluding carboxylic acids is 2. The molecule has 114 valence electrons. The van der Waals surface area contributed by atoms with E-state index in [1.165, 1.54) is 4.90 Å². The molecule has 0 aromatic heterocycles. The normalized spacial score (nSPS) is 15.7. The summed E-state index contributed by atoms with van der Waals surface area (Å²) in [5.74, 6) is -0.295. The molecule has 1 unspecified atom stereocenters. The van der Waals surface area contributed by atoms with Crippen molar-refractivity contribution in [3.8, 4) is 0 Å². The second-order valence-corrected chi connectivity index (χ2v) is 5.54. The molecule has 1 aromatic carbocycles. The van der Waals surface area contributed by atoms with E-state index in [4.69, 9.17) is 0 Å². The van der Waals surface area contributed by atoms with Gasteiger partial charge in [-0.25, -0.2) is 0 Å². The minimum atomic E-state index is -0.147. The van der Waals surface area contributed by atoms with Crippen molar-refractivity contribution in [1.29, 1.82) is 0 Å². The van der Waals surface area contributed by atoms with Crippen LogP contribution in [0.25, 0.3) is 0 Å². The van der Waals surface area contributed by atoms with E-state index in [1.54, 1.807) is 24.3 Å². The Labute approximate surface area is 126 Å². The van der Waals surface area contributed by atoms with E-state index in [2.05, 4.69) is 18.7 Å². The van der Waals surface area contributed by atoms with Crippen LogP contribution in [0.3, 0.4) is 0 Å². The minimum absolute atomic E-state index is 0.0482. The lowest BCUT2D eigenvalue weighted by Crippen LogP contribution is -2.38. The number of hydrogen-bond donors (Lipinski definition) is 0. The summed E-state index contributed by atoms with van der Waals surface area (Å²) in [6.07, 6.45) is 1.85. The van der Waals surface area contributed by atoms with Crippen molar-refractivity contribution in [2.45, 2.75) is 39.7 Å². The Balaban J connectivity index is 1.97. The summed E-state index contributed by atoms with van der Waals surface area (Å²) in [5, 5.41) is 0. The largest absolute Gasteiger partial charge is 0.304 e. The Kier molecular flexibility index (Phi) is 5.12. The highest BCUT2D eigenvalue weighted by Crippen LogP contribution is 2.25. The molecule has 1 aliphatic rings. The minimum Gasteiger partial charge on any atom is -0.304 e. The molecule has 0 N–H and O–H groups in total. The maximum absolute atomic E-state index is 12.4. The van der Waals surface area contributed by atoms with Crippen molar-refractivity contribution >= 4 is 11.8 Å². The van der Waals surface area contributed by atoms with Crippen molar-refractivity contribution in [1.82, 2.24) is 9.80 Å². The van der Waals surface area contributed by atoms with Crippen LogP contribution in [0.4, 0.5) is 0 Å². The van der Waals surface area contributed by atoms with E-state index in [0.29, 0.717) is 11.1 Å². The number of benzene rings is 1. The Bertz CT molecular complexity index is 488. The van der Waals surface area contributed by atoms with Gasteiger partial charge in [-0.3, -0.25) is 14.5 Å². The molecule has 2 amide bonds. The fourth-order valence-corrected chi connectivity index (χ4v) is 2.89. The summed E-state index contributed by atoms with van der Waals surface area (Å²) in [6, 6.07) is 7.03. The van der Waals surface area contributed by atoms with Gasteiger partial charge in [0.2, 0.25) is 0 Å². The molecule has 21 heavy (non-hydrogen) atoms. The van der Waals surface area contributed by atoms with Crippen molar-refractivity contribution in [2.24, 2.45) is 0 Å². The van der Waals surface area contributed by atoms with Crippen molar-refractivity contribution in [3.05, 3.63) is 35.4 Å². The summed E-state index contributed by atoms with van der Waals surface area (Å²) < 4.78 is 0. The molecule has 0 aliphatic carbocycles. The van der Waals surface area contributed by atoms with Gasteiger partial charge in [0.25, 0.3) is 11.8 Å². The van der Waals surface area contributed by atoms with Gasteiger partial charge in [0.1, 0.15) is 0 Å². The first kappa shape index (κ1) is 15.7. The highest BCUT2D eigenvalue weighted by atomic mass is 16.2. The molecule has 0 spiro atoms. The van der Waals surface area contributed by atoms with E-state index in [9.17, 15) is 9.59 Å². The van der Waals surface area contributed by atoms with Crippen LogP contribution in [0.1, 0.15) is 54.3 Å². The fourth-order valence-electron chi connectivity index (χ4n) is 2.89. The first-order valence-corrected chi connectivity index (χ1v) is 7.79. The Hall–Kier alpha value is -1.68. The highest BCUT2D eigenvalue weighted by molar-refractivity contribution is 6.21. The summed E-state index contributed by atoms with van der Waals surface area (Å²) in [7, 11) is 0. The SMILES string of the molecule is CCN(CC)CCCC(C)N1C(=O)c2ccccc2C1=O. The van der Waals surface area contributed by atoms with Crippen LogP contribution in [-0.2, 0) is 0 Å². The van der Waals surface area contributed by atoms with Gasteiger partial charge < -0.3 is 4.90 Å². The molecule has 0 saturated carbocycles. The third-order valence-electron chi connectivity index (χ3n) is 4.26. The van der Waals surface area contributed by atoms with Crippen molar-refractivity contribution in [2.75, 3.05) is 19.6 Å². The van der Waals surface area contributed by atoms with Gasteiger partial charge in [0, 0.05) is 6.04 Å². The van der Waals surface area contributed by atoms with Crippen LogP contribution in [0.5, 0.6) is 0 Å². The lowest BCUT2D eigenvalue weighted by Gasteiger charge is -2.24. The van der Waals surface area contributed by atoms with Crippen LogP contribution in [-0.4, -0.2) is 47.3 Å². The van der Waals surface area contributed by atoms with Crippen LogP contribution < -0.4 is 0 Å². The Morgan fingerprint density at radius 3 is 2.05 bits per heavy atom. The summed E-state index contributed by atoms with van der Waals surface area (Å²) in [4.78, 5) is 28.5. The predicted molar refractivity (Wildman–Crippen MR) is 83.4 cm³/mol. The molecule has 1 aromatic rings. The van der Waals surface area contributed by atoms with Crippen molar-refractivity contribution in [3.63, 3.8) is 0 Å². The van der Waals surface area contributed by atoms with Gasteiger partial charge >= 0.3 is 0 Å². The molecular formula is C17H24N2O2. The third kappa shape index (κ3) is 3.16. The number of fused-ring (bicyclic) bond motifs is 1. The Morgan fingerprint density at radius 2 is 1.57 bits per heavy atom. The quantitative estimate of drug-likeness (QED) is 0.724. The molecule has 2 rings (SSSR count). The van der Waals surface area contributed by atoms with Gasteiger partial charge in [-0.15, -0.1) is 0 Å². The zero-order valence-corrected chi connectivity index (χ0v) is 13.1. The molecular weight excluding hydrogens is 264 g/mol. The van der Waals surface area contributed by atoms with Crippen LogP contribution >= 0.6 is 0 Å². The van der Waals surface area contributed by atoms with Gasteiger partial charge in [-0.1, -0.05) is 26.0 Å². The summed E-state index contributed by atoms with van der Waals surface area (Å²) in [5.41, 5.74) is 1.08. The van der Waals surface area contributed by atoms with Gasteiger partial charge in [-0.05, 0) is 51.5 Å². The number of carbonyl (C=O) groups is 2. The van der Waals surface area contributed by atoms with E-state index in [-0.39, 0.29) is 17.9 Å². The molecule has 0 fully saturated rings. The molecule has 0 bridgehead atoms. The van der Waals surface area contributed by atoms with Crippen LogP contribution in [0, 0.1) is 0 Å². The Morgan fingerprint density at radius 1 is 1.05 bits per heavy atom. The number of hydrogen-bond acceptors (Lipinski definition) is 3. The average molecular weight is 288 g/mol. The van der Waals surface area contributed by atoms with E-state index in [0.717, 1.165) is 32.5 Å². The molecule has 0 radical (unpaired) electrons. The molecule has 1 atom stereocenters. The zero-order chi connectivity index (χ0) is 15.4. The topological polar surface area (TPSA) is 40.6 Å². The maximum Gasteiger partial charge on any atom is 0.261 e. The van der Waals surface area contributed by atoms with Gasteiger partial charge in [-0.2, -0.15) is 0 Å². The molecule has 1 aliphatic heterocycles. The summed E-state index contributed by atoms with van der Waals surface area (Å²) in [6.45, 7) is 9.36. The number of amides is 2. The first-order chi connectivity index (χ1) is 10.1. The molecule has 4 heteroatoms. The number of rotatable bonds is 7. The molecule has 0 saturated heterocycles. The van der Waals surface area contributed by atoms with Crippen LogP contribution in [0.15, 0.2) is 24.3 Å². The predicted octanol–water partition coefficient (Wildman–Crippen LogP) is 2.79. The van der Waals surface area contributed by atoms with Gasteiger partial charge in [0.05, 0.1) is 11.1 Å². The fraction of sp³-hybridized carbons (Fsp3) is 0.529. The standard InChI is InChI=1S/C17H24N2O2/c1-4-18(5-2)12-8-9-13(3)19-16(20)14-10-6-7-11-15(14)17(19)21/h6-7,10-11,13H,4-5,8-9,12H2,1-3H3. The second kappa shape index (κ2) is 6.85. The first-order valence-electron chi connectivity index (χ1n) is 7.79. The van der Waals surface area contributed by atoms with Crippen molar-refractivity contribution < 1.29 is 9.59 Å². The zero-order valence-electron chi connectivity index (χ0n) is 13.1. The van der Waals surface area contributed by atoms with E-state index in [1.807, 2.05) is 6.92 Å². The van der Waals surface area contributed by atoms with Gasteiger partial charge in [0.15, 0.2) is 0 Å². The monoisotopic (exact) mass is 288 g/mol. The third-order valence-corrected chi connectivity index (χ3v) is 4.26. The lowest BCUT2D eigenvalue weighted by atomic mass is 10.1.